The van der Waals surface area contributed by atoms with Gasteiger partial charge >= 0.3 is 11.9 Å². The van der Waals surface area contributed by atoms with E-state index >= 15 is 0 Å². The van der Waals surface area contributed by atoms with Gasteiger partial charge in [-0.15, -0.1) is 0 Å². The summed E-state index contributed by atoms with van der Waals surface area (Å²) in [7, 11) is 0. The predicted octanol–water partition coefficient (Wildman–Crippen LogP) is 3.45. The number of esters is 1. The summed E-state index contributed by atoms with van der Waals surface area (Å²) in [5.74, 6) is -5.36. The highest BCUT2D eigenvalue weighted by molar-refractivity contribution is 5.69. The molecule has 8 nitrogen and oxygen atoms in total. The van der Waals surface area contributed by atoms with Gasteiger partial charge in [0.25, 0.3) is 5.76 Å². The van der Waals surface area contributed by atoms with E-state index in [9.17, 15) is 25.2 Å². The molecule has 1 aliphatic heterocycles. The van der Waals surface area contributed by atoms with Crippen molar-refractivity contribution < 1.29 is 39.4 Å². The molecule has 1 saturated carbocycles. The average molecular weight is 392 g/mol. The van der Waals surface area contributed by atoms with Crippen LogP contribution >= 0.6 is 0 Å². The first-order chi connectivity index (χ1) is 13.3. The standard InChI is InChI=1S/C20H24O8/c1-2-17(22)27-16-6-4-3-5-14(16)12-7-9-13(10-8-12)28-20(25)19(24)18(23)15(21)11-26-20/h7-11,14,16,21,23-25H,2-6H2,1H3. The fourth-order valence-electron chi connectivity index (χ4n) is 3.40. The molecule has 1 aliphatic carbocycles. The summed E-state index contributed by atoms with van der Waals surface area (Å²) in [6.07, 6.45) is 4.60. The maximum Gasteiger partial charge on any atom is 0.436 e. The lowest BCUT2D eigenvalue weighted by molar-refractivity contribution is -0.288. The van der Waals surface area contributed by atoms with Crippen molar-refractivity contribution in [1.29, 1.82) is 0 Å². The first kappa shape index (κ1) is 19.9. The number of ether oxygens (including phenoxy) is 3. The van der Waals surface area contributed by atoms with Crippen molar-refractivity contribution in [3.8, 4) is 5.75 Å². The number of carbonyl (C=O) groups excluding carboxylic acids is 1. The number of aliphatic hydroxyl groups is 4. The summed E-state index contributed by atoms with van der Waals surface area (Å²) in [5, 5.41) is 38.9. The molecule has 0 amide bonds. The van der Waals surface area contributed by atoms with E-state index in [4.69, 9.17) is 14.2 Å². The zero-order valence-corrected chi connectivity index (χ0v) is 15.5. The molecule has 4 N–H and O–H groups in total. The van der Waals surface area contributed by atoms with Gasteiger partial charge in [0.05, 0.1) is 0 Å². The summed E-state index contributed by atoms with van der Waals surface area (Å²) in [6.45, 7) is 1.76. The summed E-state index contributed by atoms with van der Waals surface area (Å²) < 4.78 is 15.6. The molecule has 1 aromatic carbocycles. The van der Waals surface area contributed by atoms with Crippen molar-refractivity contribution in [1.82, 2.24) is 0 Å². The minimum absolute atomic E-state index is 0.0736. The van der Waals surface area contributed by atoms with Crippen LogP contribution in [0.15, 0.2) is 47.8 Å². The van der Waals surface area contributed by atoms with Crippen LogP contribution in [0.25, 0.3) is 0 Å². The second-order valence-corrected chi connectivity index (χ2v) is 6.84. The molecule has 0 aromatic heterocycles. The number of hydrogen-bond donors (Lipinski definition) is 4. The van der Waals surface area contributed by atoms with Crippen molar-refractivity contribution in [3.05, 3.63) is 53.4 Å². The Kier molecular flexibility index (Phi) is 5.69. The molecule has 0 saturated heterocycles. The van der Waals surface area contributed by atoms with Crippen molar-refractivity contribution >= 4 is 5.97 Å². The zero-order valence-electron chi connectivity index (χ0n) is 15.5. The number of benzene rings is 1. The van der Waals surface area contributed by atoms with Crippen LogP contribution in [0, 0.1) is 0 Å². The first-order valence-corrected chi connectivity index (χ1v) is 9.25. The van der Waals surface area contributed by atoms with Gasteiger partial charge < -0.3 is 34.6 Å². The monoisotopic (exact) mass is 392 g/mol. The van der Waals surface area contributed by atoms with Crippen LogP contribution in [0.2, 0.25) is 0 Å². The van der Waals surface area contributed by atoms with Crippen LogP contribution in [0.5, 0.6) is 5.75 Å². The van der Waals surface area contributed by atoms with Gasteiger partial charge in [-0.05, 0) is 37.0 Å². The van der Waals surface area contributed by atoms with Gasteiger partial charge in [0.1, 0.15) is 18.1 Å². The lowest BCUT2D eigenvalue weighted by atomic mass is 9.81. The molecule has 152 valence electrons. The minimum atomic E-state index is -2.65. The molecule has 0 bridgehead atoms. The molecule has 1 fully saturated rings. The molecule has 1 aromatic rings. The quantitative estimate of drug-likeness (QED) is 0.443. The third-order valence-corrected chi connectivity index (χ3v) is 4.93. The number of carbonyl (C=O) groups is 1. The fourth-order valence-corrected chi connectivity index (χ4v) is 3.40. The molecule has 8 heteroatoms. The van der Waals surface area contributed by atoms with E-state index in [-0.39, 0.29) is 23.7 Å². The van der Waals surface area contributed by atoms with E-state index in [1.165, 1.54) is 0 Å². The van der Waals surface area contributed by atoms with E-state index in [1.807, 2.05) is 0 Å². The maximum atomic E-state index is 11.7. The summed E-state index contributed by atoms with van der Waals surface area (Å²) in [5.41, 5.74) is 0.970. The summed E-state index contributed by atoms with van der Waals surface area (Å²) >= 11 is 0. The summed E-state index contributed by atoms with van der Waals surface area (Å²) in [6, 6.07) is 6.73. The van der Waals surface area contributed by atoms with Gasteiger partial charge in [-0.3, -0.25) is 4.79 Å². The van der Waals surface area contributed by atoms with Gasteiger partial charge in [-0.2, -0.15) is 0 Å². The fraction of sp³-hybridized carbons (Fsp3) is 0.450. The Morgan fingerprint density at radius 1 is 1.18 bits per heavy atom. The molecule has 3 rings (SSSR count). The Morgan fingerprint density at radius 2 is 1.86 bits per heavy atom. The summed E-state index contributed by atoms with van der Waals surface area (Å²) in [4.78, 5) is 11.7. The molecule has 1 heterocycles. The highest BCUT2D eigenvalue weighted by Gasteiger charge is 2.44. The van der Waals surface area contributed by atoms with Crippen molar-refractivity contribution in [2.45, 2.75) is 57.0 Å². The van der Waals surface area contributed by atoms with E-state index in [1.54, 1.807) is 31.2 Å². The molecule has 28 heavy (non-hydrogen) atoms. The van der Waals surface area contributed by atoms with E-state index in [2.05, 4.69) is 0 Å². The predicted molar refractivity (Wildman–Crippen MR) is 97.5 cm³/mol. The van der Waals surface area contributed by atoms with Crippen LogP contribution < -0.4 is 4.74 Å². The number of hydrogen-bond acceptors (Lipinski definition) is 8. The molecule has 0 spiro atoms. The normalized spacial score (nSPS) is 27.6. The van der Waals surface area contributed by atoms with Crippen molar-refractivity contribution in [3.63, 3.8) is 0 Å². The van der Waals surface area contributed by atoms with Gasteiger partial charge in [-0.1, -0.05) is 25.5 Å². The van der Waals surface area contributed by atoms with Crippen molar-refractivity contribution in [2.75, 3.05) is 0 Å². The second kappa shape index (κ2) is 8.02. The highest BCUT2D eigenvalue weighted by Crippen LogP contribution is 2.37. The SMILES string of the molecule is CCC(=O)OC1CCCCC1c1ccc(OC2(O)OC=C(O)C(O)=C2O)cc1. The maximum absolute atomic E-state index is 11.7. The lowest BCUT2D eigenvalue weighted by Gasteiger charge is -2.32. The topological polar surface area (TPSA) is 126 Å². The Hall–Kier alpha value is -2.87. The zero-order chi connectivity index (χ0) is 20.3. The minimum Gasteiger partial charge on any atom is -0.502 e. The Balaban J connectivity index is 1.73. The van der Waals surface area contributed by atoms with E-state index in [0.29, 0.717) is 12.7 Å². The van der Waals surface area contributed by atoms with Crippen LogP contribution in [-0.4, -0.2) is 38.5 Å². The molecule has 3 atom stereocenters. The van der Waals surface area contributed by atoms with Gasteiger partial charge in [0, 0.05) is 12.3 Å². The average Bonchev–Trinajstić information content (AvgIpc) is 2.71. The Bertz CT molecular complexity index is 782. The van der Waals surface area contributed by atoms with Gasteiger partial charge in [0.15, 0.2) is 5.76 Å². The second-order valence-electron chi connectivity index (χ2n) is 6.84. The van der Waals surface area contributed by atoms with Crippen LogP contribution in [0.3, 0.4) is 0 Å². The molecular formula is C20H24O8. The van der Waals surface area contributed by atoms with Gasteiger partial charge in [-0.25, -0.2) is 0 Å². The number of aliphatic hydroxyl groups excluding tert-OH is 3. The number of rotatable bonds is 5. The third-order valence-electron chi connectivity index (χ3n) is 4.93. The highest BCUT2D eigenvalue weighted by atomic mass is 16.8. The van der Waals surface area contributed by atoms with Crippen LogP contribution in [0.1, 0.15) is 50.5 Å². The molecular weight excluding hydrogens is 368 g/mol. The Morgan fingerprint density at radius 3 is 2.54 bits per heavy atom. The molecule has 2 aliphatic rings. The molecule has 0 radical (unpaired) electrons. The van der Waals surface area contributed by atoms with Gasteiger partial charge in [0.2, 0.25) is 5.76 Å². The van der Waals surface area contributed by atoms with E-state index in [0.717, 1.165) is 31.2 Å². The Labute approximate surface area is 162 Å². The largest absolute Gasteiger partial charge is 0.502 e. The first-order valence-electron chi connectivity index (χ1n) is 9.25. The smallest absolute Gasteiger partial charge is 0.436 e. The van der Waals surface area contributed by atoms with Crippen molar-refractivity contribution in [2.24, 2.45) is 0 Å². The van der Waals surface area contributed by atoms with E-state index < -0.39 is 23.3 Å². The van der Waals surface area contributed by atoms with Crippen LogP contribution in [0.4, 0.5) is 0 Å². The molecule has 3 unspecified atom stereocenters. The van der Waals surface area contributed by atoms with Crippen LogP contribution in [-0.2, 0) is 14.3 Å². The lowest BCUT2D eigenvalue weighted by Crippen LogP contribution is -2.42. The third kappa shape index (κ3) is 4.01.